The molecule has 0 amide bonds. The Hall–Kier alpha value is -1.13. The van der Waals surface area contributed by atoms with Gasteiger partial charge in [-0.25, -0.2) is 0 Å². The molecule has 19 heavy (non-hydrogen) atoms. The molecule has 1 N–H and O–H groups in total. The highest BCUT2D eigenvalue weighted by atomic mass is 32.1. The molecule has 1 aromatic rings. The number of methoxy groups -OCH3 is 1. The van der Waals surface area contributed by atoms with E-state index in [9.17, 15) is 0 Å². The minimum Gasteiger partial charge on any atom is -0.383 e. The van der Waals surface area contributed by atoms with Gasteiger partial charge in [0.05, 0.1) is 6.61 Å². The third-order valence-electron chi connectivity index (χ3n) is 3.21. The van der Waals surface area contributed by atoms with E-state index in [1.54, 1.807) is 7.11 Å². The smallest absolute Gasteiger partial charge is 0.173 e. The van der Waals surface area contributed by atoms with Gasteiger partial charge >= 0.3 is 0 Å². The Kier molecular flexibility index (Phi) is 7.45. The van der Waals surface area contributed by atoms with E-state index in [0.29, 0.717) is 12.6 Å². The lowest BCUT2D eigenvalue weighted by Crippen LogP contribution is -2.44. The molecule has 4 heteroatoms. The molecular weight excluding hydrogens is 256 g/mol. The molecule has 1 rings (SSSR count). The standard InChI is InChI=1S/C15H24N2OS/c1-4-14(5-2)17(11-12-18-3)15(19)16-13-9-7-6-8-10-13/h6-10,14H,4-5,11-12H2,1-3H3,(H,16,19). The molecule has 0 fully saturated rings. The maximum absolute atomic E-state index is 5.54. The third-order valence-corrected chi connectivity index (χ3v) is 3.54. The third kappa shape index (κ3) is 5.17. The Balaban J connectivity index is 2.70. The first-order valence-electron chi connectivity index (χ1n) is 6.84. The van der Waals surface area contributed by atoms with Crippen LogP contribution in [0.4, 0.5) is 5.69 Å². The normalized spacial score (nSPS) is 10.5. The molecule has 0 spiro atoms. The van der Waals surface area contributed by atoms with Gasteiger partial charge in [0.25, 0.3) is 0 Å². The topological polar surface area (TPSA) is 24.5 Å². The fraction of sp³-hybridized carbons (Fsp3) is 0.533. The van der Waals surface area contributed by atoms with Gasteiger partial charge in [-0.2, -0.15) is 0 Å². The molecule has 0 unspecified atom stereocenters. The van der Waals surface area contributed by atoms with Crippen molar-refractivity contribution in [3.63, 3.8) is 0 Å². The summed E-state index contributed by atoms with van der Waals surface area (Å²) in [6.45, 7) is 5.90. The average molecular weight is 280 g/mol. The average Bonchev–Trinajstić information content (AvgIpc) is 2.44. The first kappa shape index (κ1) is 15.9. The van der Waals surface area contributed by atoms with Crippen LogP contribution in [-0.4, -0.2) is 36.3 Å². The van der Waals surface area contributed by atoms with Gasteiger partial charge in [0.2, 0.25) is 0 Å². The molecule has 0 bridgehead atoms. The van der Waals surface area contributed by atoms with Crippen LogP contribution in [0.2, 0.25) is 0 Å². The van der Waals surface area contributed by atoms with Gasteiger partial charge in [-0.15, -0.1) is 0 Å². The van der Waals surface area contributed by atoms with Crippen LogP contribution in [-0.2, 0) is 4.74 Å². The highest BCUT2D eigenvalue weighted by molar-refractivity contribution is 7.80. The molecule has 0 aromatic heterocycles. The van der Waals surface area contributed by atoms with E-state index in [-0.39, 0.29) is 0 Å². The van der Waals surface area contributed by atoms with E-state index in [1.807, 2.05) is 30.3 Å². The van der Waals surface area contributed by atoms with Crippen molar-refractivity contribution in [3.05, 3.63) is 30.3 Å². The summed E-state index contributed by atoms with van der Waals surface area (Å²) in [7, 11) is 1.72. The molecule has 0 atom stereocenters. The second-order valence-corrected chi connectivity index (χ2v) is 4.84. The lowest BCUT2D eigenvalue weighted by atomic mass is 10.1. The van der Waals surface area contributed by atoms with Gasteiger partial charge in [0.1, 0.15) is 0 Å². The van der Waals surface area contributed by atoms with Crippen LogP contribution in [0.5, 0.6) is 0 Å². The number of ether oxygens (including phenoxy) is 1. The van der Waals surface area contributed by atoms with E-state index in [4.69, 9.17) is 17.0 Å². The Morgan fingerprint density at radius 2 is 1.89 bits per heavy atom. The zero-order valence-corrected chi connectivity index (χ0v) is 12.9. The molecule has 106 valence electrons. The van der Waals surface area contributed by atoms with Gasteiger partial charge in [0, 0.05) is 25.4 Å². The summed E-state index contributed by atoms with van der Waals surface area (Å²) in [6, 6.07) is 10.5. The molecule has 0 saturated heterocycles. The number of nitrogens with one attached hydrogen (secondary N) is 1. The van der Waals surface area contributed by atoms with E-state index >= 15 is 0 Å². The summed E-state index contributed by atoms with van der Waals surface area (Å²) in [5.74, 6) is 0. The van der Waals surface area contributed by atoms with Crippen LogP contribution in [0.15, 0.2) is 30.3 Å². The predicted molar refractivity (Wildman–Crippen MR) is 85.6 cm³/mol. The van der Waals surface area contributed by atoms with Crippen molar-refractivity contribution < 1.29 is 4.74 Å². The van der Waals surface area contributed by atoms with E-state index in [1.165, 1.54) is 0 Å². The number of rotatable bonds is 7. The molecule has 1 aromatic carbocycles. The van der Waals surface area contributed by atoms with Crippen LogP contribution in [0.3, 0.4) is 0 Å². The second-order valence-electron chi connectivity index (χ2n) is 4.45. The molecule has 3 nitrogen and oxygen atoms in total. The lowest BCUT2D eigenvalue weighted by Gasteiger charge is -2.32. The fourth-order valence-electron chi connectivity index (χ4n) is 2.09. The summed E-state index contributed by atoms with van der Waals surface area (Å²) in [5.41, 5.74) is 1.03. The molecule has 0 radical (unpaired) electrons. The van der Waals surface area contributed by atoms with E-state index in [0.717, 1.165) is 30.2 Å². The Bertz CT molecular complexity index is 366. The summed E-state index contributed by atoms with van der Waals surface area (Å²) in [5, 5.41) is 4.08. The maximum Gasteiger partial charge on any atom is 0.173 e. The van der Waals surface area contributed by atoms with Crippen molar-refractivity contribution in [1.82, 2.24) is 4.90 Å². The molecule has 0 saturated carbocycles. The fourth-order valence-corrected chi connectivity index (χ4v) is 2.44. The molecule has 0 aliphatic heterocycles. The maximum atomic E-state index is 5.54. The minimum absolute atomic E-state index is 0.457. The zero-order valence-electron chi connectivity index (χ0n) is 12.1. The van der Waals surface area contributed by atoms with Gasteiger partial charge in [0.15, 0.2) is 5.11 Å². The monoisotopic (exact) mass is 280 g/mol. The molecule has 0 aliphatic carbocycles. The molecule has 0 aliphatic rings. The first-order valence-corrected chi connectivity index (χ1v) is 7.25. The number of para-hydroxylation sites is 1. The summed E-state index contributed by atoms with van der Waals surface area (Å²) in [6.07, 6.45) is 2.16. The van der Waals surface area contributed by atoms with E-state index < -0.39 is 0 Å². The summed E-state index contributed by atoms with van der Waals surface area (Å²) < 4.78 is 5.18. The SMILES string of the molecule is CCC(CC)N(CCOC)C(=S)Nc1ccccc1. The van der Waals surface area contributed by atoms with Crippen molar-refractivity contribution in [2.45, 2.75) is 32.7 Å². The van der Waals surface area contributed by atoms with E-state index in [2.05, 4.69) is 24.1 Å². The minimum atomic E-state index is 0.457. The Labute approximate surface area is 121 Å². The Morgan fingerprint density at radius 1 is 1.26 bits per heavy atom. The first-order chi connectivity index (χ1) is 9.22. The van der Waals surface area contributed by atoms with Crippen LogP contribution in [0.1, 0.15) is 26.7 Å². The number of nitrogens with zero attached hydrogens (tertiary/aromatic N) is 1. The van der Waals surface area contributed by atoms with Crippen LogP contribution >= 0.6 is 12.2 Å². The predicted octanol–water partition coefficient (Wildman–Crippen LogP) is 3.52. The summed E-state index contributed by atoms with van der Waals surface area (Å²) >= 11 is 5.54. The number of benzene rings is 1. The molecular formula is C15H24N2OS. The van der Waals surface area contributed by atoms with Crippen molar-refractivity contribution in [2.24, 2.45) is 0 Å². The largest absolute Gasteiger partial charge is 0.383 e. The van der Waals surface area contributed by atoms with Gasteiger partial charge in [-0.05, 0) is 37.2 Å². The van der Waals surface area contributed by atoms with Crippen molar-refractivity contribution >= 4 is 23.0 Å². The number of anilines is 1. The van der Waals surface area contributed by atoms with Crippen molar-refractivity contribution in [1.29, 1.82) is 0 Å². The van der Waals surface area contributed by atoms with Crippen molar-refractivity contribution in [2.75, 3.05) is 25.6 Å². The quantitative estimate of drug-likeness (QED) is 0.772. The molecule has 0 heterocycles. The van der Waals surface area contributed by atoms with Crippen LogP contribution in [0.25, 0.3) is 0 Å². The summed E-state index contributed by atoms with van der Waals surface area (Å²) in [4.78, 5) is 2.23. The Morgan fingerprint density at radius 3 is 2.42 bits per heavy atom. The van der Waals surface area contributed by atoms with Gasteiger partial charge < -0.3 is 15.0 Å². The second kappa shape index (κ2) is 8.88. The lowest BCUT2D eigenvalue weighted by molar-refractivity contribution is 0.159. The number of thiocarbonyl (C=S) groups is 1. The van der Waals surface area contributed by atoms with Gasteiger partial charge in [-0.1, -0.05) is 32.0 Å². The van der Waals surface area contributed by atoms with Crippen LogP contribution < -0.4 is 5.32 Å². The van der Waals surface area contributed by atoms with Crippen molar-refractivity contribution in [3.8, 4) is 0 Å². The number of hydrogen-bond donors (Lipinski definition) is 1. The highest BCUT2D eigenvalue weighted by Crippen LogP contribution is 2.12. The highest BCUT2D eigenvalue weighted by Gasteiger charge is 2.17. The number of hydrogen-bond acceptors (Lipinski definition) is 2. The van der Waals surface area contributed by atoms with Gasteiger partial charge in [-0.3, -0.25) is 0 Å². The zero-order chi connectivity index (χ0) is 14.1. The van der Waals surface area contributed by atoms with Crippen LogP contribution in [0, 0.1) is 0 Å².